The van der Waals surface area contributed by atoms with Gasteiger partial charge in [-0.05, 0) is 19.5 Å². The van der Waals surface area contributed by atoms with Crippen LogP contribution in [-0.4, -0.2) is 38.1 Å². The highest BCUT2D eigenvalue weighted by Crippen LogP contribution is 2.35. The first kappa shape index (κ1) is 15.1. The Labute approximate surface area is 89.4 Å². The first-order valence-corrected chi connectivity index (χ1v) is 4.50. The standard InChI is InChI=1S/C8H13F5N2O/c1-5(3-14-2)4-15-6(16)7(9,10)8(11,12)13/h5,14H,3-4H2,1-2H3,(H,15,16). The summed E-state index contributed by atoms with van der Waals surface area (Å²) in [6, 6.07) is 0. The topological polar surface area (TPSA) is 41.1 Å². The molecule has 3 nitrogen and oxygen atoms in total. The lowest BCUT2D eigenvalue weighted by Crippen LogP contribution is -2.51. The van der Waals surface area contributed by atoms with Crippen molar-refractivity contribution < 1.29 is 26.7 Å². The predicted octanol–water partition coefficient (Wildman–Crippen LogP) is 1.16. The normalized spacial score (nSPS) is 14.7. The van der Waals surface area contributed by atoms with Crippen molar-refractivity contribution in [3.05, 3.63) is 0 Å². The molecule has 96 valence electrons. The fourth-order valence-electron chi connectivity index (χ4n) is 0.927. The van der Waals surface area contributed by atoms with Gasteiger partial charge >= 0.3 is 12.1 Å². The fourth-order valence-corrected chi connectivity index (χ4v) is 0.927. The van der Waals surface area contributed by atoms with Gasteiger partial charge in [-0.15, -0.1) is 0 Å². The molecule has 0 saturated carbocycles. The fraction of sp³-hybridized carbons (Fsp3) is 0.875. The molecule has 0 aliphatic rings. The van der Waals surface area contributed by atoms with Crippen LogP contribution in [-0.2, 0) is 4.79 Å². The molecule has 1 atom stereocenters. The van der Waals surface area contributed by atoms with Crippen molar-refractivity contribution in [3.63, 3.8) is 0 Å². The van der Waals surface area contributed by atoms with Gasteiger partial charge in [0.15, 0.2) is 0 Å². The van der Waals surface area contributed by atoms with Gasteiger partial charge in [0.05, 0.1) is 0 Å². The molecular weight excluding hydrogens is 235 g/mol. The number of halogens is 5. The molecular formula is C8H13F5N2O. The minimum Gasteiger partial charge on any atom is -0.350 e. The zero-order valence-corrected chi connectivity index (χ0v) is 8.79. The molecule has 16 heavy (non-hydrogen) atoms. The summed E-state index contributed by atoms with van der Waals surface area (Å²) >= 11 is 0. The van der Waals surface area contributed by atoms with E-state index in [1.807, 2.05) is 0 Å². The molecule has 0 heterocycles. The highest BCUT2D eigenvalue weighted by molar-refractivity contribution is 5.84. The quantitative estimate of drug-likeness (QED) is 0.717. The third-order valence-electron chi connectivity index (χ3n) is 1.80. The van der Waals surface area contributed by atoms with Crippen LogP contribution in [0.15, 0.2) is 0 Å². The number of hydrogen-bond acceptors (Lipinski definition) is 2. The van der Waals surface area contributed by atoms with Crippen LogP contribution >= 0.6 is 0 Å². The molecule has 0 aromatic rings. The summed E-state index contributed by atoms with van der Waals surface area (Å²) in [6.45, 7) is 1.76. The number of nitrogens with one attached hydrogen (secondary N) is 2. The summed E-state index contributed by atoms with van der Waals surface area (Å²) in [5.74, 6) is -7.90. The summed E-state index contributed by atoms with van der Waals surface area (Å²) in [4.78, 5) is 10.6. The zero-order valence-electron chi connectivity index (χ0n) is 8.79. The van der Waals surface area contributed by atoms with Gasteiger partial charge in [0.2, 0.25) is 0 Å². The van der Waals surface area contributed by atoms with Crippen LogP contribution in [0.25, 0.3) is 0 Å². The van der Waals surface area contributed by atoms with Crippen LogP contribution < -0.4 is 10.6 Å². The highest BCUT2D eigenvalue weighted by atomic mass is 19.4. The molecule has 0 bridgehead atoms. The van der Waals surface area contributed by atoms with Crippen molar-refractivity contribution in [2.75, 3.05) is 20.1 Å². The summed E-state index contributed by atoms with van der Waals surface area (Å²) in [6.07, 6.45) is -5.86. The number of alkyl halides is 5. The van der Waals surface area contributed by atoms with E-state index in [4.69, 9.17) is 0 Å². The molecule has 1 amide bonds. The largest absolute Gasteiger partial charge is 0.463 e. The van der Waals surface area contributed by atoms with E-state index in [-0.39, 0.29) is 12.5 Å². The highest BCUT2D eigenvalue weighted by Gasteiger charge is 2.63. The van der Waals surface area contributed by atoms with Crippen LogP contribution in [0.4, 0.5) is 22.0 Å². The number of amides is 1. The number of hydrogen-bond donors (Lipinski definition) is 2. The van der Waals surface area contributed by atoms with Crippen LogP contribution in [0.1, 0.15) is 6.92 Å². The molecule has 0 aliphatic heterocycles. The monoisotopic (exact) mass is 248 g/mol. The second-order valence-corrected chi connectivity index (χ2v) is 3.45. The molecule has 0 aromatic heterocycles. The molecule has 0 radical (unpaired) electrons. The summed E-state index contributed by atoms with van der Waals surface area (Å²) in [5.41, 5.74) is 0. The molecule has 0 rings (SSSR count). The van der Waals surface area contributed by atoms with E-state index in [0.29, 0.717) is 6.54 Å². The SMILES string of the molecule is CNCC(C)CNC(=O)C(F)(F)C(F)(F)F. The third-order valence-corrected chi connectivity index (χ3v) is 1.80. The molecule has 0 spiro atoms. The Morgan fingerprint density at radius 2 is 1.69 bits per heavy atom. The Morgan fingerprint density at radius 3 is 2.06 bits per heavy atom. The lowest BCUT2D eigenvalue weighted by Gasteiger charge is -2.20. The predicted molar refractivity (Wildman–Crippen MR) is 47.1 cm³/mol. The maximum Gasteiger partial charge on any atom is 0.463 e. The van der Waals surface area contributed by atoms with E-state index in [9.17, 15) is 26.7 Å². The average molecular weight is 248 g/mol. The first-order chi connectivity index (χ1) is 7.13. The second-order valence-electron chi connectivity index (χ2n) is 3.45. The van der Waals surface area contributed by atoms with Crippen molar-refractivity contribution in [1.29, 1.82) is 0 Å². The Balaban J connectivity index is 4.27. The van der Waals surface area contributed by atoms with Gasteiger partial charge in [0.1, 0.15) is 0 Å². The van der Waals surface area contributed by atoms with Gasteiger partial charge in [-0.2, -0.15) is 22.0 Å². The van der Waals surface area contributed by atoms with E-state index in [2.05, 4.69) is 5.32 Å². The van der Waals surface area contributed by atoms with E-state index in [0.717, 1.165) is 0 Å². The Hall–Kier alpha value is -0.920. The van der Waals surface area contributed by atoms with E-state index in [1.165, 1.54) is 0 Å². The van der Waals surface area contributed by atoms with Gasteiger partial charge in [-0.1, -0.05) is 6.92 Å². The molecule has 0 fully saturated rings. The zero-order chi connectivity index (χ0) is 13.0. The van der Waals surface area contributed by atoms with E-state index >= 15 is 0 Å². The van der Waals surface area contributed by atoms with Crippen LogP contribution in [0.3, 0.4) is 0 Å². The maximum absolute atomic E-state index is 12.4. The van der Waals surface area contributed by atoms with Crippen LogP contribution in [0.2, 0.25) is 0 Å². The lowest BCUT2D eigenvalue weighted by molar-refractivity contribution is -0.269. The van der Waals surface area contributed by atoms with Gasteiger partial charge in [-0.25, -0.2) is 0 Å². The Bertz CT molecular complexity index is 241. The summed E-state index contributed by atoms with van der Waals surface area (Å²) in [5, 5.41) is 4.26. The summed E-state index contributed by atoms with van der Waals surface area (Å²) < 4.78 is 60.0. The first-order valence-electron chi connectivity index (χ1n) is 4.50. The van der Waals surface area contributed by atoms with Crippen molar-refractivity contribution in [3.8, 4) is 0 Å². The maximum atomic E-state index is 12.4. The average Bonchev–Trinajstić information content (AvgIpc) is 2.12. The van der Waals surface area contributed by atoms with Gasteiger partial charge in [0.25, 0.3) is 5.91 Å². The molecule has 0 saturated heterocycles. The minimum absolute atomic E-state index is 0.238. The van der Waals surface area contributed by atoms with E-state index < -0.39 is 18.0 Å². The van der Waals surface area contributed by atoms with Crippen LogP contribution in [0, 0.1) is 5.92 Å². The Morgan fingerprint density at radius 1 is 1.19 bits per heavy atom. The van der Waals surface area contributed by atoms with Gasteiger partial charge < -0.3 is 10.6 Å². The molecule has 8 heteroatoms. The van der Waals surface area contributed by atoms with Crippen molar-refractivity contribution in [2.45, 2.75) is 19.0 Å². The van der Waals surface area contributed by atoms with Crippen molar-refractivity contribution >= 4 is 5.91 Å². The third kappa shape index (κ3) is 3.92. The van der Waals surface area contributed by atoms with Crippen molar-refractivity contribution in [2.24, 2.45) is 5.92 Å². The minimum atomic E-state index is -5.86. The van der Waals surface area contributed by atoms with Gasteiger partial charge in [-0.3, -0.25) is 4.79 Å². The number of carbonyl (C=O) groups excluding carboxylic acids is 1. The van der Waals surface area contributed by atoms with Crippen molar-refractivity contribution in [1.82, 2.24) is 10.6 Å². The lowest BCUT2D eigenvalue weighted by atomic mass is 10.2. The molecule has 0 aromatic carbocycles. The Kier molecular flexibility index (Phi) is 5.11. The molecule has 2 N–H and O–H groups in total. The summed E-state index contributed by atoms with van der Waals surface area (Å²) in [7, 11) is 1.60. The number of rotatable bonds is 5. The van der Waals surface area contributed by atoms with E-state index in [1.54, 1.807) is 19.3 Å². The van der Waals surface area contributed by atoms with Crippen LogP contribution in [0.5, 0.6) is 0 Å². The molecule has 1 unspecified atom stereocenters. The number of carbonyl (C=O) groups is 1. The second kappa shape index (κ2) is 5.42. The smallest absolute Gasteiger partial charge is 0.350 e. The molecule has 0 aliphatic carbocycles. The van der Waals surface area contributed by atoms with Gasteiger partial charge in [0, 0.05) is 6.54 Å².